The van der Waals surface area contributed by atoms with E-state index in [0.717, 1.165) is 34.9 Å². The van der Waals surface area contributed by atoms with Crippen LogP contribution in [-0.4, -0.2) is 6.04 Å². The van der Waals surface area contributed by atoms with Gasteiger partial charge >= 0.3 is 0 Å². The van der Waals surface area contributed by atoms with E-state index in [-0.39, 0.29) is 0 Å². The van der Waals surface area contributed by atoms with Gasteiger partial charge in [0, 0.05) is 22.6 Å². The maximum atomic E-state index is 6.25. The van der Waals surface area contributed by atoms with E-state index in [1.54, 1.807) is 0 Å². The van der Waals surface area contributed by atoms with E-state index in [1.165, 1.54) is 19.3 Å². The van der Waals surface area contributed by atoms with Gasteiger partial charge in [0.15, 0.2) is 0 Å². The van der Waals surface area contributed by atoms with Gasteiger partial charge in [0.2, 0.25) is 0 Å². The van der Waals surface area contributed by atoms with Gasteiger partial charge in [0.25, 0.3) is 0 Å². The Labute approximate surface area is 133 Å². The van der Waals surface area contributed by atoms with Crippen LogP contribution in [0.1, 0.15) is 45.6 Å². The van der Waals surface area contributed by atoms with Crippen LogP contribution in [0.25, 0.3) is 0 Å². The molecule has 1 aromatic carbocycles. The zero-order valence-electron chi connectivity index (χ0n) is 12.6. The van der Waals surface area contributed by atoms with Crippen LogP contribution >= 0.6 is 23.2 Å². The number of benzene rings is 1. The molecule has 20 heavy (non-hydrogen) atoms. The molecule has 1 aromatic rings. The Kier molecular flexibility index (Phi) is 5.77. The van der Waals surface area contributed by atoms with Crippen LogP contribution in [-0.2, 0) is 6.54 Å². The van der Waals surface area contributed by atoms with Gasteiger partial charge in [-0.2, -0.15) is 0 Å². The van der Waals surface area contributed by atoms with Gasteiger partial charge in [-0.3, -0.25) is 0 Å². The van der Waals surface area contributed by atoms with Gasteiger partial charge in [-0.15, -0.1) is 0 Å². The zero-order valence-corrected chi connectivity index (χ0v) is 14.1. The maximum Gasteiger partial charge on any atom is 0.0465 e. The first kappa shape index (κ1) is 16.1. The number of rotatable bonds is 4. The van der Waals surface area contributed by atoms with Crippen molar-refractivity contribution in [3.8, 4) is 0 Å². The Bertz CT molecular complexity index is 445. The first-order valence-electron chi connectivity index (χ1n) is 7.64. The predicted octanol–water partition coefficient (Wildman–Crippen LogP) is 5.54. The van der Waals surface area contributed by atoms with Crippen molar-refractivity contribution in [2.75, 3.05) is 0 Å². The van der Waals surface area contributed by atoms with Crippen molar-refractivity contribution in [3.63, 3.8) is 0 Å². The number of nitrogens with one attached hydrogen (secondary N) is 1. The van der Waals surface area contributed by atoms with Crippen molar-refractivity contribution in [3.05, 3.63) is 33.8 Å². The fourth-order valence-electron chi connectivity index (χ4n) is 3.34. The van der Waals surface area contributed by atoms with Gasteiger partial charge < -0.3 is 5.32 Å². The quantitative estimate of drug-likeness (QED) is 0.769. The lowest BCUT2D eigenvalue weighted by molar-refractivity contribution is 0.169. The van der Waals surface area contributed by atoms with Crippen molar-refractivity contribution in [1.82, 2.24) is 5.32 Å². The van der Waals surface area contributed by atoms with E-state index in [2.05, 4.69) is 26.1 Å². The molecule has 0 aromatic heterocycles. The number of halogens is 2. The lowest BCUT2D eigenvalue weighted by Gasteiger charge is -2.38. The molecule has 3 heteroatoms. The third-order valence-corrected chi connectivity index (χ3v) is 5.18. The van der Waals surface area contributed by atoms with Crippen LogP contribution in [0.2, 0.25) is 10.0 Å². The Morgan fingerprint density at radius 1 is 1.25 bits per heavy atom. The standard InChI is InChI=1S/C17H25Cl2N/c1-11(2)15-7-4-12(3)8-17(15)20-10-13-5-6-14(18)9-16(13)19/h5-6,9,11-12,15,17,20H,4,7-8,10H2,1-3H3. The average molecular weight is 314 g/mol. The number of hydrogen-bond donors (Lipinski definition) is 1. The van der Waals surface area contributed by atoms with Crippen LogP contribution in [0.5, 0.6) is 0 Å². The van der Waals surface area contributed by atoms with Gasteiger partial charge in [0.1, 0.15) is 0 Å². The fraction of sp³-hybridized carbons (Fsp3) is 0.647. The van der Waals surface area contributed by atoms with E-state index in [1.807, 2.05) is 18.2 Å². The summed E-state index contributed by atoms with van der Waals surface area (Å²) in [6.45, 7) is 7.87. The summed E-state index contributed by atoms with van der Waals surface area (Å²) in [7, 11) is 0. The minimum absolute atomic E-state index is 0.602. The zero-order chi connectivity index (χ0) is 14.7. The SMILES string of the molecule is CC1CCC(C(C)C)C(NCc2ccc(Cl)cc2Cl)C1. The highest BCUT2D eigenvalue weighted by atomic mass is 35.5. The van der Waals surface area contributed by atoms with Crippen molar-refractivity contribution < 1.29 is 0 Å². The summed E-state index contributed by atoms with van der Waals surface area (Å²) in [6, 6.07) is 6.36. The lowest BCUT2D eigenvalue weighted by Crippen LogP contribution is -2.42. The molecule has 2 rings (SSSR count). The van der Waals surface area contributed by atoms with E-state index >= 15 is 0 Å². The number of hydrogen-bond acceptors (Lipinski definition) is 1. The van der Waals surface area contributed by atoms with E-state index in [4.69, 9.17) is 23.2 Å². The minimum Gasteiger partial charge on any atom is -0.310 e. The molecular formula is C17H25Cl2N. The lowest BCUT2D eigenvalue weighted by atomic mass is 9.74. The normalized spacial score (nSPS) is 27.0. The van der Waals surface area contributed by atoms with Crippen LogP contribution in [0, 0.1) is 17.8 Å². The second-order valence-electron chi connectivity index (χ2n) is 6.55. The maximum absolute atomic E-state index is 6.25. The second kappa shape index (κ2) is 7.15. The van der Waals surface area contributed by atoms with Crippen molar-refractivity contribution in [2.24, 2.45) is 17.8 Å². The molecule has 1 nitrogen and oxygen atoms in total. The molecule has 3 atom stereocenters. The molecule has 1 N–H and O–H groups in total. The molecule has 112 valence electrons. The Balaban J connectivity index is 2.00. The third-order valence-electron chi connectivity index (χ3n) is 4.59. The largest absolute Gasteiger partial charge is 0.310 e. The monoisotopic (exact) mass is 313 g/mol. The first-order valence-corrected chi connectivity index (χ1v) is 8.40. The highest BCUT2D eigenvalue weighted by Crippen LogP contribution is 2.33. The van der Waals surface area contributed by atoms with Gasteiger partial charge in [-0.1, -0.05) is 56.5 Å². The van der Waals surface area contributed by atoms with Gasteiger partial charge in [-0.05, 0) is 48.3 Å². The second-order valence-corrected chi connectivity index (χ2v) is 7.39. The summed E-state index contributed by atoms with van der Waals surface area (Å²) in [4.78, 5) is 0. The Morgan fingerprint density at radius 2 is 2.00 bits per heavy atom. The van der Waals surface area contributed by atoms with Crippen molar-refractivity contribution in [2.45, 2.75) is 52.6 Å². The van der Waals surface area contributed by atoms with Crippen LogP contribution in [0.3, 0.4) is 0 Å². The highest BCUT2D eigenvalue weighted by molar-refractivity contribution is 6.35. The average Bonchev–Trinajstić information content (AvgIpc) is 2.37. The highest BCUT2D eigenvalue weighted by Gasteiger charge is 2.30. The van der Waals surface area contributed by atoms with Crippen LogP contribution in [0.15, 0.2) is 18.2 Å². The molecule has 1 saturated carbocycles. The van der Waals surface area contributed by atoms with Gasteiger partial charge in [0.05, 0.1) is 0 Å². The van der Waals surface area contributed by atoms with Crippen LogP contribution in [0.4, 0.5) is 0 Å². The van der Waals surface area contributed by atoms with E-state index < -0.39 is 0 Å². The van der Waals surface area contributed by atoms with E-state index in [0.29, 0.717) is 11.1 Å². The summed E-state index contributed by atoms with van der Waals surface area (Å²) in [5.74, 6) is 2.33. The molecule has 0 aliphatic heterocycles. The molecule has 0 saturated heterocycles. The van der Waals surface area contributed by atoms with E-state index in [9.17, 15) is 0 Å². The molecule has 1 aliphatic rings. The fourth-order valence-corrected chi connectivity index (χ4v) is 3.82. The Hall–Kier alpha value is -0.240. The summed E-state index contributed by atoms with van der Waals surface area (Å²) >= 11 is 12.2. The molecular weight excluding hydrogens is 289 g/mol. The summed E-state index contributed by atoms with van der Waals surface area (Å²) in [5.41, 5.74) is 1.14. The minimum atomic E-state index is 0.602. The third kappa shape index (κ3) is 4.13. The topological polar surface area (TPSA) is 12.0 Å². The molecule has 1 fully saturated rings. The summed E-state index contributed by atoms with van der Waals surface area (Å²) in [6.07, 6.45) is 3.97. The summed E-state index contributed by atoms with van der Waals surface area (Å²) < 4.78 is 0. The van der Waals surface area contributed by atoms with Gasteiger partial charge in [-0.25, -0.2) is 0 Å². The molecule has 0 radical (unpaired) electrons. The van der Waals surface area contributed by atoms with Crippen molar-refractivity contribution in [1.29, 1.82) is 0 Å². The smallest absolute Gasteiger partial charge is 0.0465 e. The molecule has 0 amide bonds. The van der Waals surface area contributed by atoms with Crippen LogP contribution < -0.4 is 5.32 Å². The molecule has 3 unspecified atom stereocenters. The summed E-state index contributed by atoms with van der Waals surface area (Å²) in [5, 5.41) is 5.19. The molecule has 0 heterocycles. The predicted molar refractivity (Wildman–Crippen MR) is 88.4 cm³/mol. The van der Waals surface area contributed by atoms with Crippen molar-refractivity contribution >= 4 is 23.2 Å². The molecule has 0 bridgehead atoms. The Morgan fingerprint density at radius 3 is 2.65 bits per heavy atom. The molecule has 1 aliphatic carbocycles. The molecule has 0 spiro atoms. The first-order chi connectivity index (χ1) is 9.47.